The van der Waals surface area contributed by atoms with Crippen LogP contribution in [0.2, 0.25) is 0 Å². The van der Waals surface area contributed by atoms with Crippen LogP contribution in [0.1, 0.15) is 58.3 Å². The second kappa shape index (κ2) is 5.00. The summed E-state index contributed by atoms with van der Waals surface area (Å²) >= 11 is 0. The van der Waals surface area contributed by atoms with Crippen molar-refractivity contribution < 1.29 is 4.79 Å². The lowest BCUT2D eigenvalue weighted by Gasteiger charge is -2.33. The molecule has 2 atom stereocenters. The molecule has 0 spiro atoms. The van der Waals surface area contributed by atoms with Crippen LogP contribution in [0.15, 0.2) is 0 Å². The Labute approximate surface area is 93.0 Å². The number of carbonyl (C=O) groups is 1. The van der Waals surface area contributed by atoms with Crippen molar-refractivity contribution in [1.29, 1.82) is 0 Å². The van der Waals surface area contributed by atoms with Crippen molar-refractivity contribution in [2.75, 3.05) is 6.54 Å². The Hall–Kier alpha value is -0.530. The minimum atomic E-state index is 0.435. The Balaban J connectivity index is 1.77. The first-order valence-electron chi connectivity index (χ1n) is 6.60. The summed E-state index contributed by atoms with van der Waals surface area (Å²) in [5.41, 5.74) is 0. The minimum absolute atomic E-state index is 0.435. The lowest BCUT2D eigenvalue weighted by atomic mass is 9.98. The zero-order valence-electron chi connectivity index (χ0n) is 9.87. The molecule has 2 nitrogen and oxygen atoms in total. The number of rotatable bonds is 5. The number of hydrogen-bond donors (Lipinski definition) is 0. The van der Waals surface area contributed by atoms with E-state index in [0.717, 1.165) is 18.9 Å². The maximum Gasteiger partial charge on any atom is 0.223 e. The molecule has 2 fully saturated rings. The van der Waals surface area contributed by atoms with E-state index in [1.165, 1.54) is 44.9 Å². The highest BCUT2D eigenvalue weighted by atomic mass is 16.2. The maximum atomic E-state index is 11.8. The van der Waals surface area contributed by atoms with Gasteiger partial charge in [-0.1, -0.05) is 26.2 Å². The molecule has 1 aliphatic carbocycles. The summed E-state index contributed by atoms with van der Waals surface area (Å²) in [5.74, 6) is 1.17. The van der Waals surface area contributed by atoms with Crippen molar-refractivity contribution in [3.8, 4) is 0 Å². The van der Waals surface area contributed by atoms with Crippen molar-refractivity contribution in [2.24, 2.45) is 5.92 Å². The van der Waals surface area contributed by atoms with Crippen LogP contribution in [0, 0.1) is 5.92 Å². The van der Waals surface area contributed by atoms with E-state index in [9.17, 15) is 4.79 Å². The molecule has 2 bridgehead atoms. The zero-order chi connectivity index (χ0) is 10.7. The highest BCUT2D eigenvalue weighted by Crippen LogP contribution is 2.37. The van der Waals surface area contributed by atoms with E-state index < -0.39 is 0 Å². The topological polar surface area (TPSA) is 20.3 Å². The molecule has 0 aromatic carbocycles. The number of likely N-dealkylation sites (tertiary alicyclic amines) is 1. The maximum absolute atomic E-state index is 11.8. The molecular weight excluding hydrogens is 186 g/mol. The summed E-state index contributed by atoms with van der Waals surface area (Å²) in [6, 6.07) is 0.609. The van der Waals surface area contributed by atoms with Gasteiger partial charge in [-0.15, -0.1) is 0 Å². The van der Waals surface area contributed by atoms with Crippen LogP contribution >= 0.6 is 0 Å². The lowest BCUT2D eigenvalue weighted by Crippen LogP contribution is -2.42. The molecule has 2 aliphatic rings. The van der Waals surface area contributed by atoms with Gasteiger partial charge in [0.25, 0.3) is 0 Å². The molecular formula is C13H23NO. The number of unbranched alkanes of at least 4 members (excludes halogenated alkanes) is 3. The second-order valence-corrected chi connectivity index (χ2v) is 5.18. The number of amides is 1. The van der Waals surface area contributed by atoms with Gasteiger partial charge >= 0.3 is 0 Å². The summed E-state index contributed by atoms with van der Waals surface area (Å²) < 4.78 is 0. The third-order valence-corrected chi connectivity index (χ3v) is 3.99. The van der Waals surface area contributed by atoms with Crippen molar-refractivity contribution in [2.45, 2.75) is 64.3 Å². The Kier molecular flexibility index (Phi) is 3.66. The largest absolute Gasteiger partial charge is 0.340 e. The quantitative estimate of drug-likeness (QED) is 0.637. The average Bonchev–Trinajstić information content (AvgIpc) is 2.60. The van der Waals surface area contributed by atoms with Crippen molar-refractivity contribution >= 4 is 5.91 Å². The molecule has 0 unspecified atom stereocenters. The van der Waals surface area contributed by atoms with E-state index in [1.54, 1.807) is 0 Å². The fourth-order valence-electron chi connectivity index (χ4n) is 3.10. The summed E-state index contributed by atoms with van der Waals surface area (Å²) in [7, 11) is 0. The minimum Gasteiger partial charge on any atom is -0.340 e. The fraction of sp³-hybridized carbons (Fsp3) is 0.923. The lowest BCUT2D eigenvalue weighted by molar-refractivity contribution is -0.136. The first kappa shape index (κ1) is 11.0. The van der Waals surface area contributed by atoms with Gasteiger partial charge in [-0.3, -0.25) is 4.79 Å². The first-order valence-corrected chi connectivity index (χ1v) is 6.60. The van der Waals surface area contributed by atoms with Gasteiger partial charge in [0.2, 0.25) is 5.91 Å². The number of piperidine rings is 1. The Bertz CT molecular complexity index is 227. The van der Waals surface area contributed by atoms with E-state index >= 15 is 0 Å². The van der Waals surface area contributed by atoms with E-state index in [0.29, 0.717) is 11.9 Å². The monoisotopic (exact) mass is 209 g/mol. The molecule has 15 heavy (non-hydrogen) atoms. The summed E-state index contributed by atoms with van der Waals surface area (Å²) in [6.45, 7) is 3.25. The van der Waals surface area contributed by atoms with Gasteiger partial charge in [-0.05, 0) is 31.6 Å². The fourth-order valence-corrected chi connectivity index (χ4v) is 3.10. The molecule has 2 rings (SSSR count). The van der Waals surface area contributed by atoms with Crippen molar-refractivity contribution in [1.82, 2.24) is 4.90 Å². The van der Waals surface area contributed by atoms with Gasteiger partial charge in [0, 0.05) is 19.0 Å². The van der Waals surface area contributed by atoms with Gasteiger partial charge in [0.05, 0.1) is 0 Å². The number of fused-ring (bicyclic) bond motifs is 2. The van der Waals surface area contributed by atoms with E-state index in [1.807, 2.05) is 0 Å². The molecule has 1 aliphatic heterocycles. The predicted octanol–water partition coefficient (Wildman–Crippen LogP) is 2.97. The third-order valence-electron chi connectivity index (χ3n) is 3.99. The number of carbonyl (C=O) groups excluding carboxylic acids is 1. The summed E-state index contributed by atoms with van der Waals surface area (Å²) in [5, 5.41) is 0. The third kappa shape index (κ3) is 2.53. The van der Waals surface area contributed by atoms with Crippen LogP contribution < -0.4 is 0 Å². The van der Waals surface area contributed by atoms with Gasteiger partial charge in [-0.25, -0.2) is 0 Å². The van der Waals surface area contributed by atoms with E-state index in [2.05, 4.69) is 11.8 Å². The number of hydrogen-bond acceptors (Lipinski definition) is 1. The van der Waals surface area contributed by atoms with Gasteiger partial charge in [0.15, 0.2) is 0 Å². The van der Waals surface area contributed by atoms with E-state index in [-0.39, 0.29) is 0 Å². The normalized spacial score (nSPS) is 29.9. The Morgan fingerprint density at radius 1 is 1.27 bits per heavy atom. The van der Waals surface area contributed by atoms with Gasteiger partial charge < -0.3 is 4.90 Å². The van der Waals surface area contributed by atoms with Crippen LogP contribution in [0.3, 0.4) is 0 Å². The second-order valence-electron chi connectivity index (χ2n) is 5.18. The Morgan fingerprint density at radius 2 is 2.13 bits per heavy atom. The molecule has 2 heteroatoms. The molecule has 1 saturated carbocycles. The predicted molar refractivity (Wildman–Crippen MR) is 61.6 cm³/mol. The zero-order valence-corrected chi connectivity index (χ0v) is 9.87. The van der Waals surface area contributed by atoms with Gasteiger partial charge in [-0.2, -0.15) is 0 Å². The molecule has 0 radical (unpaired) electrons. The van der Waals surface area contributed by atoms with Crippen LogP contribution in [0.25, 0.3) is 0 Å². The highest BCUT2D eigenvalue weighted by Gasteiger charge is 2.37. The molecule has 0 aromatic heterocycles. The molecule has 0 N–H and O–H groups in total. The molecule has 1 amide bonds. The highest BCUT2D eigenvalue weighted by molar-refractivity contribution is 5.78. The molecule has 1 saturated heterocycles. The summed E-state index contributed by atoms with van der Waals surface area (Å²) in [6.07, 6.45) is 9.78. The number of nitrogens with zero attached hydrogens (tertiary/aromatic N) is 1. The van der Waals surface area contributed by atoms with Crippen LogP contribution in [-0.2, 0) is 4.79 Å². The standard InChI is InChI=1S/C13H23NO/c1-2-3-4-5-8-14-12-7-6-11(9-12)10-13(14)15/h11-12H,2-10H2,1H3/t11-,12+/m1/s1. The first-order chi connectivity index (χ1) is 7.31. The van der Waals surface area contributed by atoms with Gasteiger partial charge in [0.1, 0.15) is 0 Å². The van der Waals surface area contributed by atoms with Crippen LogP contribution in [0.4, 0.5) is 0 Å². The average molecular weight is 209 g/mol. The smallest absolute Gasteiger partial charge is 0.223 e. The molecule has 0 aromatic rings. The SMILES string of the molecule is CCCCCCN1C(=O)C[C@@H]2CC[C@H]1C2. The molecule has 86 valence electrons. The van der Waals surface area contributed by atoms with Crippen LogP contribution in [0.5, 0.6) is 0 Å². The van der Waals surface area contributed by atoms with Crippen molar-refractivity contribution in [3.05, 3.63) is 0 Å². The Morgan fingerprint density at radius 3 is 2.93 bits per heavy atom. The van der Waals surface area contributed by atoms with E-state index in [4.69, 9.17) is 0 Å². The van der Waals surface area contributed by atoms with Crippen LogP contribution in [-0.4, -0.2) is 23.4 Å². The molecule has 1 heterocycles. The summed E-state index contributed by atoms with van der Waals surface area (Å²) in [4.78, 5) is 14.0. The van der Waals surface area contributed by atoms with Crippen molar-refractivity contribution in [3.63, 3.8) is 0 Å².